The van der Waals surface area contributed by atoms with E-state index in [4.69, 9.17) is 39.5 Å². The topological polar surface area (TPSA) is 58.6 Å². The average molecular weight is 402 g/mol. The number of anilines is 1. The van der Waals surface area contributed by atoms with E-state index in [-0.39, 0.29) is 24.8 Å². The highest BCUT2D eigenvalue weighted by atomic mass is 35.5. The van der Waals surface area contributed by atoms with Crippen molar-refractivity contribution in [2.45, 2.75) is 0 Å². The Morgan fingerprint density at radius 3 is 2.24 bits per heavy atom. The normalized spacial score (nSPS) is 10.2. The van der Waals surface area contributed by atoms with Crippen LogP contribution in [0.1, 0.15) is 0 Å². The lowest BCUT2D eigenvalue weighted by Gasteiger charge is -2.18. The number of hydrogen-bond donors (Lipinski definition) is 1. The van der Waals surface area contributed by atoms with Gasteiger partial charge in [0.15, 0.2) is 12.4 Å². The molecule has 0 unspecified atom stereocenters. The molecule has 132 valence electrons. The van der Waals surface area contributed by atoms with E-state index in [1.807, 2.05) is 0 Å². The second-order valence-electron chi connectivity index (χ2n) is 5.12. The summed E-state index contributed by atoms with van der Waals surface area (Å²) in [5.74, 6) is -0.543. The summed E-state index contributed by atoms with van der Waals surface area (Å²) in [6.07, 6.45) is 0. The van der Waals surface area contributed by atoms with E-state index in [9.17, 15) is 9.59 Å². The van der Waals surface area contributed by atoms with E-state index in [2.05, 4.69) is 5.32 Å². The molecule has 2 aromatic carbocycles. The van der Waals surface area contributed by atoms with Crippen LogP contribution in [0.4, 0.5) is 5.69 Å². The van der Waals surface area contributed by atoms with Crippen molar-refractivity contribution in [1.82, 2.24) is 4.90 Å². The summed E-state index contributed by atoms with van der Waals surface area (Å²) < 4.78 is 5.36. The first-order valence-corrected chi connectivity index (χ1v) is 8.37. The molecule has 2 amide bonds. The lowest BCUT2D eigenvalue weighted by Crippen LogP contribution is -2.37. The molecule has 25 heavy (non-hydrogen) atoms. The van der Waals surface area contributed by atoms with Crippen molar-refractivity contribution in [2.24, 2.45) is 0 Å². The summed E-state index contributed by atoms with van der Waals surface area (Å²) in [7, 11) is 1.49. The first-order valence-electron chi connectivity index (χ1n) is 7.23. The second-order valence-corrected chi connectivity index (χ2v) is 6.34. The number of amides is 2. The molecule has 5 nitrogen and oxygen atoms in total. The molecule has 8 heteroatoms. The van der Waals surface area contributed by atoms with Crippen LogP contribution >= 0.6 is 34.8 Å². The third kappa shape index (κ3) is 5.53. The Balaban J connectivity index is 1.88. The second kappa shape index (κ2) is 8.94. The van der Waals surface area contributed by atoms with Crippen LogP contribution in [0.25, 0.3) is 0 Å². The zero-order valence-corrected chi connectivity index (χ0v) is 15.5. The molecule has 1 N–H and O–H groups in total. The predicted molar refractivity (Wildman–Crippen MR) is 99.7 cm³/mol. The van der Waals surface area contributed by atoms with E-state index in [0.29, 0.717) is 20.8 Å². The number of hydrogen-bond acceptors (Lipinski definition) is 3. The Kier molecular flexibility index (Phi) is 6.93. The molecule has 0 saturated carbocycles. The van der Waals surface area contributed by atoms with Gasteiger partial charge in [0.05, 0.1) is 27.3 Å². The number of ether oxygens (including phenoxy) is 1. The van der Waals surface area contributed by atoms with Crippen LogP contribution in [0, 0.1) is 0 Å². The molecule has 2 aromatic rings. The predicted octanol–water partition coefficient (Wildman–Crippen LogP) is 4.12. The first-order chi connectivity index (χ1) is 11.9. The third-order valence-electron chi connectivity index (χ3n) is 3.21. The molecule has 0 heterocycles. The zero-order chi connectivity index (χ0) is 18.4. The van der Waals surface area contributed by atoms with Crippen molar-refractivity contribution in [2.75, 3.05) is 25.5 Å². The van der Waals surface area contributed by atoms with Crippen LogP contribution in [0.2, 0.25) is 15.1 Å². The number of carbonyl (C=O) groups is 2. The van der Waals surface area contributed by atoms with Gasteiger partial charge in [-0.25, -0.2) is 0 Å². The maximum atomic E-state index is 12.1. The number of para-hydroxylation sites is 2. The average Bonchev–Trinajstić information content (AvgIpc) is 2.56. The number of nitrogens with zero attached hydrogens (tertiary/aromatic N) is 1. The van der Waals surface area contributed by atoms with Crippen LogP contribution in [-0.4, -0.2) is 36.9 Å². The van der Waals surface area contributed by atoms with Gasteiger partial charge in [0.1, 0.15) is 0 Å². The van der Waals surface area contributed by atoms with Crippen molar-refractivity contribution < 1.29 is 14.3 Å². The minimum absolute atomic E-state index is 0.149. The molecule has 0 fully saturated rings. The molecule has 0 aliphatic rings. The summed E-state index contributed by atoms with van der Waals surface area (Å²) in [5, 5.41) is 3.67. The zero-order valence-electron chi connectivity index (χ0n) is 13.3. The first kappa shape index (κ1) is 19.4. The molecule has 0 aliphatic heterocycles. The Morgan fingerprint density at radius 1 is 1.00 bits per heavy atom. The monoisotopic (exact) mass is 400 g/mol. The van der Waals surface area contributed by atoms with Crippen LogP contribution in [-0.2, 0) is 9.59 Å². The molecule has 0 radical (unpaired) electrons. The molecule has 0 spiro atoms. The highest BCUT2D eigenvalue weighted by Gasteiger charge is 2.16. The lowest BCUT2D eigenvalue weighted by molar-refractivity contribution is -0.135. The van der Waals surface area contributed by atoms with Crippen molar-refractivity contribution in [3.05, 3.63) is 57.5 Å². The summed E-state index contributed by atoms with van der Waals surface area (Å²) >= 11 is 17.9. The van der Waals surface area contributed by atoms with Gasteiger partial charge in [0.25, 0.3) is 5.91 Å². The van der Waals surface area contributed by atoms with Crippen LogP contribution in [0.15, 0.2) is 42.5 Å². The van der Waals surface area contributed by atoms with Crippen molar-refractivity contribution in [3.63, 3.8) is 0 Å². The van der Waals surface area contributed by atoms with Gasteiger partial charge in [-0.3, -0.25) is 9.59 Å². The van der Waals surface area contributed by atoms with Gasteiger partial charge < -0.3 is 15.0 Å². The minimum Gasteiger partial charge on any atom is -0.481 e. The fourth-order valence-corrected chi connectivity index (χ4v) is 2.61. The van der Waals surface area contributed by atoms with E-state index in [0.717, 1.165) is 0 Å². The lowest BCUT2D eigenvalue weighted by atomic mass is 10.3. The van der Waals surface area contributed by atoms with Gasteiger partial charge in [-0.15, -0.1) is 0 Å². The van der Waals surface area contributed by atoms with Crippen molar-refractivity contribution in [1.29, 1.82) is 0 Å². The Hall–Kier alpha value is -1.95. The van der Waals surface area contributed by atoms with E-state index in [1.165, 1.54) is 11.9 Å². The summed E-state index contributed by atoms with van der Waals surface area (Å²) in [6.45, 7) is -0.441. The van der Waals surface area contributed by atoms with Crippen LogP contribution in [0.3, 0.4) is 0 Å². The largest absolute Gasteiger partial charge is 0.481 e. The standard InChI is InChI=1S/C17H15Cl3N2O3/c1-22(9-15(23)21-14-8-3-2-5-11(14)18)16(24)10-25-17-12(19)6-4-7-13(17)20/h2-8H,9-10H2,1H3,(H,21,23). The third-order valence-corrected chi connectivity index (χ3v) is 4.14. The number of likely N-dealkylation sites (N-methyl/N-ethyl adjacent to an activating group) is 1. The van der Waals surface area contributed by atoms with E-state index in [1.54, 1.807) is 42.5 Å². The summed E-state index contributed by atoms with van der Waals surface area (Å²) in [5.41, 5.74) is 0.481. The Bertz CT molecular complexity index is 763. The minimum atomic E-state index is -0.398. The van der Waals surface area contributed by atoms with Gasteiger partial charge in [-0.2, -0.15) is 0 Å². The van der Waals surface area contributed by atoms with Crippen LogP contribution < -0.4 is 10.1 Å². The van der Waals surface area contributed by atoms with Gasteiger partial charge in [-0.05, 0) is 24.3 Å². The van der Waals surface area contributed by atoms with E-state index < -0.39 is 5.91 Å². The maximum absolute atomic E-state index is 12.1. The van der Waals surface area contributed by atoms with Gasteiger partial charge in [0.2, 0.25) is 5.91 Å². The molecule has 0 saturated heterocycles. The quantitative estimate of drug-likeness (QED) is 0.792. The van der Waals surface area contributed by atoms with Gasteiger partial charge >= 0.3 is 0 Å². The maximum Gasteiger partial charge on any atom is 0.260 e. The van der Waals surface area contributed by atoms with Crippen molar-refractivity contribution >= 4 is 52.3 Å². The summed E-state index contributed by atoms with van der Waals surface area (Å²) in [6, 6.07) is 11.7. The number of benzene rings is 2. The van der Waals surface area contributed by atoms with Gasteiger partial charge in [-0.1, -0.05) is 53.0 Å². The molecule has 0 atom stereocenters. The number of carbonyl (C=O) groups excluding carboxylic acids is 2. The number of halogens is 3. The summed E-state index contributed by atoms with van der Waals surface area (Å²) in [4.78, 5) is 25.4. The molecule has 0 bridgehead atoms. The Labute approximate surface area is 160 Å². The fourth-order valence-electron chi connectivity index (χ4n) is 1.92. The molecule has 0 aromatic heterocycles. The number of nitrogens with one attached hydrogen (secondary N) is 1. The fraction of sp³-hybridized carbons (Fsp3) is 0.176. The van der Waals surface area contributed by atoms with Gasteiger partial charge in [0, 0.05) is 7.05 Å². The smallest absolute Gasteiger partial charge is 0.260 e. The highest BCUT2D eigenvalue weighted by molar-refractivity contribution is 6.37. The SMILES string of the molecule is CN(CC(=O)Nc1ccccc1Cl)C(=O)COc1c(Cl)cccc1Cl. The Morgan fingerprint density at radius 2 is 1.60 bits per heavy atom. The molecule has 2 rings (SSSR count). The van der Waals surface area contributed by atoms with Crippen molar-refractivity contribution in [3.8, 4) is 5.75 Å². The number of rotatable bonds is 6. The molecule has 0 aliphatic carbocycles. The van der Waals surface area contributed by atoms with E-state index >= 15 is 0 Å². The van der Waals surface area contributed by atoms with Crippen LogP contribution in [0.5, 0.6) is 5.75 Å². The highest BCUT2D eigenvalue weighted by Crippen LogP contribution is 2.32. The molecular weight excluding hydrogens is 387 g/mol. The molecular formula is C17H15Cl3N2O3.